The molecule has 2 aliphatic carbocycles. The van der Waals surface area contributed by atoms with E-state index in [1.165, 1.54) is 0 Å². The van der Waals surface area contributed by atoms with E-state index in [0.717, 1.165) is 64.2 Å². The Morgan fingerprint density at radius 3 is 1.38 bits per heavy atom. The minimum Gasteiger partial charge on any atom is -0.464 e. The maximum atomic E-state index is 12.6. The molecule has 2 unspecified atom stereocenters. The lowest BCUT2D eigenvalue weighted by Crippen LogP contribution is -2.48. The van der Waals surface area contributed by atoms with E-state index in [1.807, 2.05) is 13.8 Å². The summed E-state index contributed by atoms with van der Waals surface area (Å²) in [5.74, 6) is -1.04. The van der Waals surface area contributed by atoms with E-state index in [9.17, 15) is 9.59 Å². The maximum Gasteiger partial charge on any atom is 0.338 e. The second kappa shape index (κ2) is 11.5. The van der Waals surface area contributed by atoms with Crippen molar-refractivity contribution in [1.82, 2.24) is 0 Å². The number of ether oxygens (including phenoxy) is 4. The standard InChI is InChI=1S/C20H34O6/c1-3-13-23-19(21)17(25-15-9-5-6-10-15)18(20(22)24-14-4-2)26-16-11-7-8-12-16/h15-18H,3-14H2,1-2H3. The van der Waals surface area contributed by atoms with Crippen LogP contribution in [0.15, 0.2) is 0 Å². The molecule has 2 aliphatic rings. The highest BCUT2D eigenvalue weighted by atomic mass is 16.6. The Kier molecular flexibility index (Phi) is 9.40. The molecule has 0 aromatic heterocycles. The maximum absolute atomic E-state index is 12.6. The van der Waals surface area contributed by atoms with Gasteiger partial charge in [0, 0.05) is 0 Å². The Morgan fingerprint density at radius 2 is 1.08 bits per heavy atom. The van der Waals surface area contributed by atoms with Crippen LogP contribution >= 0.6 is 0 Å². The summed E-state index contributed by atoms with van der Waals surface area (Å²) in [6.07, 6.45) is 7.21. The number of hydrogen-bond donors (Lipinski definition) is 0. The third-order valence-electron chi connectivity index (χ3n) is 4.92. The van der Waals surface area contributed by atoms with E-state index in [2.05, 4.69) is 0 Å². The van der Waals surface area contributed by atoms with Gasteiger partial charge in [-0.05, 0) is 38.5 Å². The van der Waals surface area contributed by atoms with Crippen molar-refractivity contribution in [2.45, 2.75) is 102 Å². The van der Waals surface area contributed by atoms with Crippen LogP contribution in [0.3, 0.4) is 0 Å². The molecule has 0 N–H and O–H groups in total. The molecule has 2 fully saturated rings. The molecule has 2 saturated carbocycles. The first kappa shape index (κ1) is 21.2. The molecule has 2 atom stereocenters. The first-order chi connectivity index (χ1) is 12.7. The Bertz CT molecular complexity index is 386. The van der Waals surface area contributed by atoms with E-state index in [4.69, 9.17) is 18.9 Å². The normalized spacial score (nSPS) is 20.8. The molecule has 0 spiro atoms. The van der Waals surface area contributed by atoms with Gasteiger partial charge < -0.3 is 18.9 Å². The minimum atomic E-state index is -1.05. The van der Waals surface area contributed by atoms with Crippen molar-refractivity contribution in [3.63, 3.8) is 0 Å². The van der Waals surface area contributed by atoms with Crippen LogP contribution in [0.25, 0.3) is 0 Å². The lowest BCUT2D eigenvalue weighted by molar-refractivity contribution is -0.193. The van der Waals surface area contributed by atoms with E-state index >= 15 is 0 Å². The SMILES string of the molecule is CCCOC(=O)C(OC1CCCC1)C(OC1CCCC1)C(=O)OCCC. The summed E-state index contributed by atoms with van der Waals surface area (Å²) >= 11 is 0. The zero-order valence-electron chi connectivity index (χ0n) is 16.2. The smallest absolute Gasteiger partial charge is 0.338 e. The Hall–Kier alpha value is -1.14. The molecule has 6 heteroatoms. The third-order valence-corrected chi connectivity index (χ3v) is 4.92. The molecule has 0 saturated heterocycles. The van der Waals surface area contributed by atoms with Crippen LogP contribution < -0.4 is 0 Å². The van der Waals surface area contributed by atoms with Gasteiger partial charge in [0.05, 0.1) is 25.4 Å². The summed E-state index contributed by atoms with van der Waals surface area (Å²) in [4.78, 5) is 25.3. The molecule has 2 rings (SSSR count). The fourth-order valence-corrected chi connectivity index (χ4v) is 3.53. The van der Waals surface area contributed by atoms with Crippen molar-refractivity contribution < 1.29 is 28.5 Å². The predicted molar refractivity (Wildman–Crippen MR) is 96.8 cm³/mol. The summed E-state index contributed by atoms with van der Waals surface area (Å²) in [5, 5.41) is 0. The minimum absolute atomic E-state index is 0.0252. The average Bonchev–Trinajstić information content (AvgIpc) is 3.34. The fourth-order valence-electron chi connectivity index (χ4n) is 3.53. The highest BCUT2D eigenvalue weighted by Crippen LogP contribution is 2.27. The number of rotatable bonds is 11. The third kappa shape index (κ3) is 6.54. The van der Waals surface area contributed by atoms with Gasteiger partial charge in [-0.2, -0.15) is 0 Å². The summed E-state index contributed by atoms with van der Waals surface area (Å²) in [5.41, 5.74) is 0. The van der Waals surface area contributed by atoms with Crippen molar-refractivity contribution in [3.8, 4) is 0 Å². The van der Waals surface area contributed by atoms with Gasteiger partial charge in [-0.1, -0.05) is 39.5 Å². The zero-order chi connectivity index (χ0) is 18.8. The van der Waals surface area contributed by atoms with Crippen LogP contribution in [-0.4, -0.2) is 49.6 Å². The summed E-state index contributed by atoms with van der Waals surface area (Å²) in [7, 11) is 0. The molecule has 26 heavy (non-hydrogen) atoms. The van der Waals surface area contributed by atoms with E-state index in [1.54, 1.807) is 0 Å². The van der Waals surface area contributed by atoms with Crippen molar-refractivity contribution in [2.75, 3.05) is 13.2 Å². The van der Waals surface area contributed by atoms with Gasteiger partial charge in [-0.3, -0.25) is 0 Å². The van der Waals surface area contributed by atoms with Gasteiger partial charge in [-0.15, -0.1) is 0 Å². The van der Waals surface area contributed by atoms with Crippen molar-refractivity contribution >= 4 is 11.9 Å². The monoisotopic (exact) mass is 370 g/mol. The second-order valence-corrected chi connectivity index (χ2v) is 7.26. The highest BCUT2D eigenvalue weighted by Gasteiger charge is 2.42. The average molecular weight is 370 g/mol. The first-order valence-corrected chi connectivity index (χ1v) is 10.3. The van der Waals surface area contributed by atoms with Gasteiger partial charge in [-0.25, -0.2) is 9.59 Å². The number of carbonyl (C=O) groups is 2. The number of hydrogen-bond acceptors (Lipinski definition) is 6. The second-order valence-electron chi connectivity index (χ2n) is 7.26. The van der Waals surface area contributed by atoms with E-state index in [0.29, 0.717) is 13.2 Å². The fraction of sp³-hybridized carbons (Fsp3) is 0.900. The van der Waals surface area contributed by atoms with Gasteiger partial charge in [0.2, 0.25) is 0 Å². The number of carbonyl (C=O) groups excluding carboxylic acids is 2. The quantitative estimate of drug-likeness (QED) is 0.518. The number of esters is 2. The molecule has 0 aliphatic heterocycles. The molecular weight excluding hydrogens is 336 g/mol. The van der Waals surface area contributed by atoms with Crippen LogP contribution in [-0.2, 0) is 28.5 Å². The predicted octanol–water partition coefficient (Wildman–Crippen LogP) is 3.55. The molecular formula is C20H34O6. The van der Waals surface area contributed by atoms with Crippen LogP contribution in [0.2, 0.25) is 0 Å². The zero-order valence-corrected chi connectivity index (χ0v) is 16.2. The van der Waals surface area contributed by atoms with Crippen LogP contribution in [0.4, 0.5) is 0 Å². The Morgan fingerprint density at radius 1 is 0.731 bits per heavy atom. The topological polar surface area (TPSA) is 71.1 Å². The van der Waals surface area contributed by atoms with Crippen LogP contribution in [0.1, 0.15) is 78.1 Å². The van der Waals surface area contributed by atoms with Gasteiger partial charge in [0.25, 0.3) is 0 Å². The summed E-state index contributed by atoms with van der Waals surface area (Å²) < 4.78 is 22.7. The van der Waals surface area contributed by atoms with E-state index in [-0.39, 0.29) is 12.2 Å². The van der Waals surface area contributed by atoms with Crippen LogP contribution in [0, 0.1) is 0 Å². The van der Waals surface area contributed by atoms with Crippen molar-refractivity contribution in [2.24, 2.45) is 0 Å². The first-order valence-electron chi connectivity index (χ1n) is 10.3. The molecule has 6 nitrogen and oxygen atoms in total. The Balaban J connectivity index is 2.12. The van der Waals surface area contributed by atoms with Gasteiger partial charge in [0.15, 0.2) is 12.2 Å². The van der Waals surface area contributed by atoms with Gasteiger partial charge >= 0.3 is 11.9 Å². The summed E-state index contributed by atoms with van der Waals surface area (Å²) in [6, 6.07) is 0. The molecule has 0 amide bonds. The largest absolute Gasteiger partial charge is 0.464 e. The molecule has 150 valence electrons. The molecule has 0 heterocycles. The highest BCUT2D eigenvalue weighted by molar-refractivity contribution is 5.85. The van der Waals surface area contributed by atoms with Crippen molar-refractivity contribution in [3.05, 3.63) is 0 Å². The lowest BCUT2D eigenvalue weighted by atomic mass is 10.1. The summed E-state index contributed by atoms with van der Waals surface area (Å²) in [6.45, 7) is 4.48. The Labute approximate surface area is 156 Å². The molecule has 0 radical (unpaired) electrons. The van der Waals surface area contributed by atoms with Crippen LogP contribution in [0.5, 0.6) is 0 Å². The lowest BCUT2D eigenvalue weighted by Gasteiger charge is -2.29. The molecule has 0 bridgehead atoms. The molecule has 0 aromatic rings. The molecule has 0 aromatic carbocycles. The van der Waals surface area contributed by atoms with Gasteiger partial charge in [0.1, 0.15) is 0 Å². The van der Waals surface area contributed by atoms with E-state index < -0.39 is 24.1 Å². The van der Waals surface area contributed by atoms with Crippen molar-refractivity contribution in [1.29, 1.82) is 0 Å².